The minimum absolute atomic E-state index is 0.0144. The average molecular weight is 349 g/mol. The minimum Gasteiger partial charge on any atom is -0.392 e. The normalized spacial score (nSPS) is 23.4. The van der Waals surface area contributed by atoms with E-state index in [0.717, 1.165) is 56.8 Å². The number of thioether (sulfide) groups is 1. The standard InChI is InChI=1S/C19H28N2O2S/c22-17(9-8-16-5-2-1-3-6-16)15-21-10-4-7-18(21)19(23)20-11-13-24-14-12-20/h1-3,5-6,17-18,22H,4,7-15H2/t17-,18+/m1/s1. The van der Waals surface area contributed by atoms with Gasteiger partial charge >= 0.3 is 0 Å². The molecule has 0 spiro atoms. The molecular formula is C19H28N2O2S. The number of β-amino-alcohol motifs (C(OH)–C–C–N with tert-alkyl or cyclic N) is 1. The second-order valence-corrected chi connectivity index (χ2v) is 7.99. The third kappa shape index (κ3) is 4.74. The van der Waals surface area contributed by atoms with Gasteiger partial charge in [-0.2, -0.15) is 11.8 Å². The highest BCUT2D eigenvalue weighted by molar-refractivity contribution is 7.99. The first-order chi connectivity index (χ1) is 11.7. The third-order valence-electron chi connectivity index (χ3n) is 5.03. The van der Waals surface area contributed by atoms with Crippen LogP contribution >= 0.6 is 11.8 Å². The van der Waals surface area contributed by atoms with E-state index in [-0.39, 0.29) is 18.1 Å². The minimum atomic E-state index is -0.365. The molecule has 5 heteroatoms. The van der Waals surface area contributed by atoms with Crippen molar-refractivity contribution in [3.05, 3.63) is 35.9 Å². The van der Waals surface area contributed by atoms with Crippen LogP contribution in [0.4, 0.5) is 0 Å². The second-order valence-electron chi connectivity index (χ2n) is 6.77. The van der Waals surface area contributed by atoms with Crippen molar-refractivity contribution in [1.29, 1.82) is 0 Å². The zero-order chi connectivity index (χ0) is 16.8. The Bertz CT molecular complexity index is 519. The summed E-state index contributed by atoms with van der Waals surface area (Å²) in [4.78, 5) is 17.0. The first kappa shape index (κ1) is 17.8. The first-order valence-corrected chi connectivity index (χ1v) is 10.2. The van der Waals surface area contributed by atoms with Crippen molar-refractivity contribution in [2.75, 3.05) is 37.7 Å². The molecule has 132 valence electrons. The van der Waals surface area contributed by atoms with Gasteiger partial charge in [-0.3, -0.25) is 9.69 Å². The summed E-state index contributed by atoms with van der Waals surface area (Å²) in [6.07, 6.45) is 3.27. The van der Waals surface area contributed by atoms with E-state index < -0.39 is 0 Å². The largest absolute Gasteiger partial charge is 0.392 e. The Balaban J connectivity index is 1.48. The molecule has 0 aliphatic carbocycles. The Labute approximate surface area is 149 Å². The Morgan fingerprint density at radius 1 is 1.21 bits per heavy atom. The topological polar surface area (TPSA) is 43.8 Å². The van der Waals surface area contributed by atoms with Crippen molar-refractivity contribution in [2.24, 2.45) is 0 Å². The third-order valence-corrected chi connectivity index (χ3v) is 5.97. The molecule has 0 saturated carbocycles. The Hall–Kier alpha value is -1.04. The maximum absolute atomic E-state index is 12.8. The van der Waals surface area contributed by atoms with Crippen molar-refractivity contribution >= 4 is 17.7 Å². The molecule has 24 heavy (non-hydrogen) atoms. The number of aliphatic hydroxyl groups excluding tert-OH is 1. The molecule has 2 heterocycles. The Morgan fingerprint density at radius 2 is 1.96 bits per heavy atom. The fourth-order valence-corrected chi connectivity index (χ4v) is 4.56. The van der Waals surface area contributed by atoms with Gasteiger partial charge in [0.25, 0.3) is 0 Å². The smallest absolute Gasteiger partial charge is 0.239 e. The van der Waals surface area contributed by atoms with Gasteiger partial charge < -0.3 is 10.0 Å². The van der Waals surface area contributed by atoms with Crippen LogP contribution in [0.15, 0.2) is 30.3 Å². The number of rotatable bonds is 6. The van der Waals surface area contributed by atoms with Crippen molar-refractivity contribution in [3.63, 3.8) is 0 Å². The van der Waals surface area contributed by atoms with Crippen LogP contribution in [0.25, 0.3) is 0 Å². The van der Waals surface area contributed by atoms with Gasteiger partial charge in [0.15, 0.2) is 0 Å². The molecule has 2 aliphatic rings. The second kappa shape index (κ2) is 8.88. The predicted octanol–water partition coefficient (Wildman–Crippen LogP) is 2.02. The molecule has 0 unspecified atom stereocenters. The lowest BCUT2D eigenvalue weighted by Gasteiger charge is -2.33. The molecule has 1 N–H and O–H groups in total. The van der Waals surface area contributed by atoms with Gasteiger partial charge in [0.1, 0.15) is 0 Å². The summed E-state index contributed by atoms with van der Waals surface area (Å²) in [5.74, 6) is 2.39. The zero-order valence-corrected chi connectivity index (χ0v) is 15.1. The fraction of sp³-hybridized carbons (Fsp3) is 0.632. The maximum atomic E-state index is 12.8. The molecule has 2 atom stereocenters. The quantitative estimate of drug-likeness (QED) is 0.854. The number of amides is 1. The Kier molecular flexibility index (Phi) is 6.58. The number of aryl methyl sites for hydroxylation is 1. The predicted molar refractivity (Wildman–Crippen MR) is 99.3 cm³/mol. The molecule has 3 rings (SSSR count). The number of likely N-dealkylation sites (tertiary alicyclic amines) is 1. The van der Waals surface area contributed by atoms with Crippen LogP contribution in [0.2, 0.25) is 0 Å². The highest BCUT2D eigenvalue weighted by Gasteiger charge is 2.34. The van der Waals surface area contributed by atoms with E-state index in [9.17, 15) is 9.90 Å². The molecule has 0 aromatic heterocycles. The van der Waals surface area contributed by atoms with Gasteiger partial charge in [-0.1, -0.05) is 30.3 Å². The summed E-state index contributed by atoms with van der Waals surface area (Å²) in [6, 6.07) is 10.3. The van der Waals surface area contributed by atoms with Gasteiger partial charge in [0.2, 0.25) is 5.91 Å². The molecule has 0 radical (unpaired) electrons. The lowest BCUT2D eigenvalue weighted by Crippen LogP contribution is -2.49. The van der Waals surface area contributed by atoms with E-state index in [4.69, 9.17) is 0 Å². The van der Waals surface area contributed by atoms with Gasteiger partial charge in [0, 0.05) is 31.1 Å². The van der Waals surface area contributed by atoms with Crippen LogP contribution in [-0.4, -0.2) is 70.6 Å². The summed E-state index contributed by atoms with van der Waals surface area (Å²) in [7, 11) is 0. The number of benzene rings is 1. The van der Waals surface area contributed by atoms with E-state index in [1.165, 1.54) is 5.56 Å². The first-order valence-electron chi connectivity index (χ1n) is 9.06. The van der Waals surface area contributed by atoms with Crippen LogP contribution in [0.1, 0.15) is 24.8 Å². The van der Waals surface area contributed by atoms with Gasteiger partial charge in [0.05, 0.1) is 12.1 Å². The SMILES string of the molecule is O=C([C@@H]1CCCN1C[C@H](O)CCc1ccccc1)N1CCSCC1. The number of nitrogens with zero attached hydrogens (tertiary/aromatic N) is 2. The molecular weight excluding hydrogens is 320 g/mol. The zero-order valence-electron chi connectivity index (χ0n) is 14.3. The number of hydrogen-bond donors (Lipinski definition) is 1. The van der Waals surface area contributed by atoms with Gasteiger partial charge in [-0.05, 0) is 37.8 Å². The number of carbonyl (C=O) groups is 1. The molecule has 0 bridgehead atoms. The van der Waals surface area contributed by atoms with Crippen molar-refractivity contribution in [1.82, 2.24) is 9.80 Å². The van der Waals surface area contributed by atoms with Crippen molar-refractivity contribution in [2.45, 2.75) is 37.8 Å². The maximum Gasteiger partial charge on any atom is 0.239 e. The highest BCUT2D eigenvalue weighted by atomic mass is 32.2. The lowest BCUT2D eigenvalue weighted by molar-refractivity contribution is -0.136. The summed E-state index contributed by atoms with van der Waals surface area (Å²) in [5, 5.41) is 10.4. The van der Waals surface area contributed by atoms with Crippen molar-refractivity contribution < 1.29 is 9.90 Å². The van der Waals surface area contributed by atoms with Gasteiger partial charge in [-0.25, -0.2) is 0 Å². The van der Waals surface area contributed by atoms with Crippen LogP contribution < -0.4 is 0 Å². The summed E-state index contributed by atoms with van der Waals surface area (Å²) >= 11 is 1.93. The summed E-state index contributed by atoms with van der Waals surface area (Å²) < 4.78 is 0. The molecule has 2 aliphatic heterocycles. The average Bonchev–Trinajstić information content (AvgIpc) is 3.09. The summed E-state index contributed by atoms with van der Waals surface area (Å²) in [5.41, 5.74) is 1.26. The van der Waals surface area contributed by atoms with Crippen LogP contribution in [0.5, 0.6) is 0 Å². The molecule has 2 fully saturated rings. The van der Waals surface area contributed by atoms with Crippen LogP contribution in [0, 0.1) is 0 Å². The molecule has 4 nitrogen and oxygen atoms in total. The highest BCUT2D eigenvalue weighted by Crippen LogP contribution is 2.22. The van der Waals surface area contributed by atoms with Crippen LogP contribution in [-0.2, 0) is 11.2 Å². The molecule has 1 amide bonds. The van der Waals surface area contributed by atoms with Crippen molar-refractivity contribution in [3.8, 4) is 0 Å². The summed E-state index contributed by atoms with van der Waals surface area (Å²) in [6.45, 7) is 3.31. The monoisotopic (exact) mass is 348 g/mol. The van der Waals surface area contributed by atoms with E-state index in [2.05, 4.69) is 17.0 Å². The molecule has 1 aromatic carbocycles. The Morgan fingerprint density at radius 3 is 2.71 bits per heavy atom. The van der Waals surface area contributed by atoms with Crippen LogP contribution in [0.3, 0.4) is 0 Å². The van der Waals surface area contributed by atoms with E-state index >= 15 is 0 Å². The fourth-order valence-electron chi connectivity index (χ4n) is 3.66. The number of hydrogen-bond acceptors (Lipinski definition) is 4. The molecule has 2 saturated heterocycles. The number of carbonyl (C=O) groups excluding carboxylic acids is 1. The van der Waals surface area contributed by atoms with E-state index in [1.807, 2.05) is 34.9 Å². The van der Waals surface area contributed by atoms with E-state index in [0.29, 0.717) is 6.54 Å². The van der Waals surface area contributed by atoms with E-state index in [1.54, 1.807) is 0 Å². The molecule has 1 aromatic rings. The lowest BCUT2D eigenvalue weighted by atomic mass is 10.1. The van der Waals surface area contributed by atoms with Gasteiger partial charge in [-0.15, -0.1) is 0 Å². The number of aliphatic hydroxyl groups is 1.